The molecule has 1 atom stereocenters. The first-order valence-corrected chi connectivity index (χ1v) is 8.85. The van der Waals surface area contributed by atoms with Gasteiger partial charge in [0.15, 0.2) is 0 Å². The Morgan fingerprint density at radius 1 is 1.24 bits per heavy atom. The number of piperidine rings is 1. The SMILES string of the molecule is CC(=O)CC1CCCCN1S(=O)(=O)c1ccc(C)c(C)c1. The number of ketones is 1. The summed E-state index contributed by atoms with van der Waals surface area (Å²) in [5.41, 5.74) is 2.05. The minimum Gasteiger partial charge on any atom is -0.300 e. The Hall–Kier alpha value is -1.20. The molecule has 21 heavy (non-hydrogen) atoms. The van der Waals surface area contributed by atoms with Crippen LogP contribution in [0.25, 0.3) is 0 Å². The van der Waals surface area contributed by atoms with Crippen LogP contribution >= 0.6 is 0 Å². The first-order chi connectivity index (χ1) is 9.82. The van der Waals surface area contributed by atoms with Crippen molar-refractivity contribution >= 4 is 15.8 Å². The standard InChI is InChI=1S/C16H23NO3S/c1-12-7-8-16(10-13(12)2)21(19,20)17-9-5-4-6-15(17)11-14(3)18/h7-8,10,15H,4-6,9,11H2,1-3H3. The van der Waals surface area contributed by atoms with E-state index in [0.717, 1.165) is 30.4 Å². The van der Waals surface area contributed by atoms with E-state index in [1.807, 2.05) is 19.9 Å². The molecule has 1 heterocycles. The second-order valence-electron chi connectivity index (χ2n) is 5.92. The molecule has 1 aromatic carbocycles. The van der Waals surface area contributed by atoms with Crippen LogP contribution in [0.1, 0.15) is 43.7 Å². The summed E-state index contributed by atoms with van der Waals surface area (Å²) in [6.45, 7) is 5.91. The molecule has 1 fully saturated rings. The summed E-state index contributed by atoms with van der Waals surface area (Å²) in [4.78, 5) is 11.7. The summed E-state index contributed by atoms with van der Waals surface area (Å²) >= 11 is 0. The maximum atomic E-state index is 12.9. The van der Waals surface area contributed by atoms with Crippen molar-refractivity contribution in [3.63, 3.8) is 0 Å². The second-order valence-corrected chi connectivity index (χ2v) is 7.81. The lowest BCUT2D eigenvalue weighted by molar-refractivity contribution is -0.118. The zero-order valence-electron chi connectivity index (χ0n) is 12.9. The number of sulfonamides is 1. The van der Waals surface area contributed by atoms with E-state index in [-0.39, 0.29) is 11.8 Å². The lowest BCUT2D eigenvalue weighted by Crippen LogP contribution is -2.44. The van der Waals surface area contributed by atoms with Crippen molar-refractivity contribution in [1.82, 2.24) is 4.31 Å². The number of hydrogen-bond donors (Lipinski definition) is 0. The fourth-order valence-electron chi connectivity index (χ4n) is 2.84. The van der Waals surface area contributed by atoms with Gasteiger partial charge in [-0.3, -0.25) is 4.79 Å². The number of benzene rings is 1. The molecule has 0 spiro atoms. The topological polar surface area (TPSA) is 54.5 Å². The number of Topliss-reactive ketones (excluding diaryl/α,β-unsaturated/α-hetero) is 1. The van der Waals surface area contributed by atoms with Gasteiger partial charge < -0.3 is 0 Å². The maximum Gasteiger partial charge on any atom is 0.243 e. The normalized spacial score (nSPS) is 20.4. The van der Waals surface area contributed by atoms with Crippen molar-refractivity contribution < 1.29 is 13.2 Å². The summed E-state index contributed by atoms with van der Waals surface area (Å²) in [6.07, 6.45) is 2.92. The van der Waals surface area contributed by atoms with Crippen molar-refractivity contribution in [3.8, 4) is 0 Å². The lowest BCUT2D eigenvalue weighted by atomic mass is 10.0. The third-order valence-electron chi connectivity index (χ3n) is 4.18. The van der Waals surface area contributed by atoms with Gasteiger partial charge in [0.1, 0.15) is 5.78 Å². The van der Waals surface area contributed by atoms with Gasteiger partial charge in [0, 0.05) is 19.0 Å². The number of hydrogen-bond acceptors (Lipinski definition) is 3. The molecule has 116 valence electrons. The Bertz CT molecular complexity index is 637. The Kier molecular flexibility index (Phi) is 4.84. The first-order valence-electron chi connectivity index (χ1n) is 7.41. The van der Waals surface area contributed by atoms with Crippen molar-refractivity contribution in [2.24, 2.45) is 0 Å². The molecule has 1 saturated heterocycles. The van der Waals surface area contributed by atoms with Gasteiger partial charge in [-0.1, -0.05) is 12.5 Å². The summed E-state index contributed by atoms with van der Waals surface area (Å²) < 4.78 is 27.2. The molecule has 0 bridgehead atoms. The monoisotopic (exact) mass is 309 g/mol. The van der Waals surface area contributed by atoms with E-state index in [2.05, 4.69) is 0 Å². The highest BCUT2D eigenvalue weighted by atomic mass is 32.2. The van der Waals surface area contributed by atoms with Crippen molar-refractivity contribution in [2.75, 3.05) is 6.54 Å². The summed E-state index contributed by atoms with van der Waals surface area (Å²) in [5.74, 6) is 0.0437. The molecule has 4 nitrogen and oxygen atoms in total. The molecule has 2 rings (SSSR count). The molecular weight excluding hydrogens is 286 g/mol. The molecule has 0 aromatic heterocycles. The molecule has 0 radical (unpaired) electrons. The zero-order valence-corrected chi connectivity index (χ0v) is 13.7. The van der Waals surface area contributed by atoms with Crippen LogP contribution in [0.15, 0.2) is 23.1 Å². The van der Waals surface area contributed by atoms with E-state index in [4.69, 9.17) is 0 Å². The summed E-state index contributed by atoms with van der Waals surface area (Å²) in [6, 6.07) is 5.04. The zero-order chi connectivity index (χ0) is 15.6. The van der Waals surface area contributed by atoms with Crippen LogP contribution in [0, 0.1) is 13.8 Å². The number of carbonyl (C=O) groups excluding carboxylic acids is 1. The fraction of sp³-hybridized carbons (Fsp3) is 0.562. The van der Waals surface area contributed by atoms with Gasteiger partial charge in [-0.05, 0) is 56.9 Å². The highest BCUT2D eigenvalue weighted by Crippen LogP contribution is 2.28. The third kappa shape index (κ3) is 3.52. The number of carbonyl (C=O) groups is 1. The van der Waals surface area contributed by atoms with Crippen LogP contribution in [0.4, 0.5) is 0 Å². The molecule has 0 N–H and O–H groups in total. The van der Waals surface area contributed by atoms with E-state index < -0.39 is 10.0 Å². The molecule has 1 aliphatic rings. The Morgan fingerprint density at radius 3 is 2.57 bits per heavy atom. The minimum absolute atomic E-state index is 0.0437. The van der Waals surface area contributed by atoms with E-state index in [9.17, 15) is 13.2 Å². The molecule has 0 amide bonds. The number of nitrogens with zero attached hydrogens (tertiary/aromatic N) is 1. The fourth-order valence-corrected chi connectivity index (χ4v) is 4.61. The van der Waals surface area contributed by atoms with Crippen LogP contribution in [0.5, 0.6) is 0 Å². The minimum atomic E-state index is -3.51. The summed E-state index contributed by atoms with van der Waals surface area (Å²) in [7, 11) is -3.51. The largest absolute Gasteiger partial charge is 0.300 e. The molecule has 1 aliphatic heterocycles. The van der Waals surface area contributed by atoms with Crippen molar-refractivity contribution in [3.05, 3.63) is 29.3 Å². The average molecular weight is 309 g/mol. The van der Waals surface area contributed by atoms with Gasteiger partial charge in [-0.2, -0.15) is 4.31 Å². The first kappa shape index (κ1) is 16.2. The Morgan fingerprint density at radius 2 is 1.95 bits per heavy atom. The maximum absolute atomic E-state index is 12.9. The Labute approximate surface area is 127 Å². The number of aryl methyl sites for hydroxylation is 2. The van der Waals surface area contributed by atoms with Gasteiger partial charge in [0.05, 0.1) is 4.90 Å². The lowest BCUT2D eigenvalue weighted by Gasteiger charge is -2.34. The van der Waals surface area contributed by atoms with Crippen LogP contribution in [-0.4, -0.2) is 31.1 Å². The van der Waals surface area contributed by atoms with Gasteiger partial charge in [0.25, 0.3) is 0 Å². The smallest absolute Gasteiger partial charge is 0.243 e. The van der Waals surface area contributed by atoms with Crippen LogP contribution in [-0.2, 0) is 14.8 Å². The van der Waals surface area contributed by atoms with E-state index in [1.165, 1.54) is 11.2 Å². The molecule has 0 aliphatic carbocycles. The molecule has 1 aromatic rings. The van der Waals surface area contributed by atoms with Crippen LogP contribution < -0.4 is 0 Å². The van der Waals surface area contributed by atoms with Gasteiger partial charge in [0.2, 0.25) is 10.0 Å². The van der Waals surface area contributed by atoms with Gasteiger partial charge >= 0.3 is 0 Å². The summed E-state index contributed by atoms with van der Waals surface area (Å²) in [5, 5.41) is 0. The number of rotatable bonds is 4. The average Bonchev–Trinajstić information content (AvgIpc) is 2.41. The van der Waals surface area contributed by atoms with E-state index in [1.54, 1.807) is 12.1 Å². The molecule has 1 unspecified atom stereocenters. The Balaban J connectivity index is 2.35. The highest BCUT2D eigenvalue weighted by Gasteiger charge is 2.34. The predicted molar refractivity (Wildman–Crippen MR) is 82.7 cm³/mol. The predicted octanol–water partition coefficient (Wildman–Crippen LogP) is 2.83. The highest BCUT2D eigenvalue weighted by molar-refractivity contribution is 7.89. The molecular formula is C16H23NO3S. The quantitative estimate of drug-likeness (QED) is 0.859. The molecule has 0 saturated carbocycles. The van der Waals surface area contributed by atoms with Gasteiger partial charge in [-0.25, -0.2) is 8.42 Å². The van der Waals surface area contributed by atoms with Crippen molar-refractivity contribution in [2.45, 2.75) is 57.4 Å². The second kappa shape index (κ2) is 6.28. The van der Waals surface area contributed by atoms with Crippen molar-refractivity contribution in [1.29, 1.82) is 0 Å². The molecule has 5 heteroatoms. The van der Waals surface area contributed by atoms with Gasteiger partial charge in [-0.15, -0.1) is 0 Å². The van der Waals surface area contributed by atoms with Crippen LogP contribution in [0.2, 0.25) is 0 Å². The van der Waals surface area contributed by atoms with E-state index >= 15 is 0 Å². The van der Waals surface area contributed by atoms with E-state index in [0.29, 0.717) is 17.9 Å². The van der Waals surface area contributed by atoms with Crippen LogP contribution in [0.3, 0.4) is 0 Å². The third-order valence-corrected chi connectivity index (χ3v) is 6.13.